The predicted molar refractivity (Wildman–Crippen MR) is 138 cm³/mol. The first-order valence-electron chi connectivity index (χ1n) is 12.3. The number of carbonyl (C=O) groups excluding carboxylic acids is 2. The number of ether oxygens (including phenoxy) is 1. The molecule has 3 aromatic rings. The Hall–Kier alpha value is -3.60. The first-order chi connectivity index (χ1) is 16.9. The minimum atomic E-state index is -0.646. The molecule has 0 unspecified atom stereocenters. The molecule has 3 aromatic carbocycles. The number of rotatable bonds is 7. The zero-order valence-electron chi connectivity index (χ0n) is 21.0. The van der Waals surface area contributed by atoms with Crippen molar-refractivity contribution in [3.63, 3.8) is 0 Å². The molecule has 1 heterocycles. The van der Waals surface area contributed by atoms with Crippen molar-refractivity contribution in [2.45, 2.75) is 59.2 Å². The fourth-order valence-corrected chi connectivity index (χ4v) is 4.75. The van der Waals surface area contributed by atoms with E-state index in [-0.39, 0.29) is 17.9 Å². The van der Waals surface area contributed by atoms with Crippen molar-refractivity contribution in [1.82, 2.24) is 10.2 Å². The lowest BCUT2D eigenvalue weighted by Crippen LogP contribution is -2.40. The summed E-state index contributed by atoms with van der Waals surface area (Å²) in [6, 6.07) is 22.2. The molecule has 182 valence electrons. The molecular weight excluding hydrogens is 436 g/mol. The molecule has 1 N–H and O–H groups in total. The van der Waals surface area contributed by atoms with Gasteiger partial charge in [-0.1, -0.05) is 72.6 Å². The molecule has 0 saturated carbocycles. The first kappa shape index (κ1) is 24.5. The standard InChI is InChI=1S/C30H34N2O3/c1-5-28(33)32-15-14-24-12-13-26(18-27(24)29(32)25-11-7-9-21(3)17-25)35-22(4)30(34)31-19-23-10-6-8-20(2)16-23/h6-13,16-18,22,29H,5,14-15,19H2,1-4H3,(H,31,34)/t22-,29+/m0/s1. The van der Waals surface area contributed by atoms with Gasteiger partial charge in [-0.3, -0.25) is 9.59 Å². The van der Waals surface area contributed by atoms with Crippen LogP contribution < -0.4 is 10.1 Å². The zero-order valence-corrected chi connectivity index (χ0v) is 21.0. The van der Waals surface area contributed by atoms with E-state index in [9.17, 15) is 9.59 Å². The predicted octanol–water partition coefficient (Wildman–Crippen LogP) is 5.27. The van der Waals surface area contributed by atoms with Crippen LogP contribution >= 0.6 is 0 Å². The maximum Gasteiger partial charge on any atom is 0.261 e. The van der Waals surface area contributed by atoms with Crippen LogP contribution in [0.3, 0.4) is 0 Å². The van der Waals surface area contributed by atoms with Crippen LogP contribution in [0, 0.1) is 13.8 Å². The summed E-state index contributed by atoms with van der Waals surface area (Å²) in [4.78, 5) is 27.5. The summed E-state index contributed by atoms with van der Waals surface area (Å²) in [6.45, 7) is 8.91. The van der Waals surface area contributed by atoms with Crippen LogP contribution in [0.5, 0.6) is 5.75 Å². The number of hydrogen-bond donors (Lipinski definition) is 1. The lowest BCUT2D eigenvalue weighted by atomic mass is 9.87. The molecule has 0 saturated heterocycles. The summed E-state index contributed by atoms with van der Waals surface area (Å²) in [5.41, 5.74) is 6.74. The maximum absolute atomic E-state index is 12.8. The third-order valence-corrected chi connectivity index (χ3v) is 6.56. The van der Waals surface area contributed by atoms with Crippen molar-refractivity contribution >= 4 is 11.8 Å². The van der Waals surface area contributed by atoms with Gasteiger partial charge in [0, 0.05) is 19.5 Å². The van der Waals surface area contributed by atoms with Gasteiger partial charge in [0.2, 0.25) is 5.91 Å². The minimum Gasteiger partial charge on any atom is -0.481 e. The second-order valence-electron chi connectivity index (χ2n) is 9.33. The third-order valence-electron chi connectivity index (χ3n) is 6.56. The van der Waals surface area contributed by atoms with Crippen molar-refractivity contribution < 1.29 is 14.3 Å². The molecule has 0 radical (unpaired) electrons. The van der Waals surface area contributed by atoms with Crippen molar-refractivity contribution in [3.05, 3.63) is 100 Å². The van der Waals surface area contributed by atoms with Gasteiger partial charge in [0.05, 0.1) is 6.04 Å². The van der Waals surface area contributed by atoms with Gasteiger partial charge in [0.1, 0.15) is 5.75 Å². The molecule has 0 fully saturated rings. The summed E-state index contributed by atoms with van der Waals surface area (Å²) in [5.74, 6) is 0.602. The molecule has 2 amide bonds. The van der Waals surface area contributed by atoms with Crippen molar-refractivity contribution in [1.29, 1.82) is 0 Å². The van der Waals surface area contributed by atoms with Gasteiger partial charge in [0.15, 0.2) is 6.10 Å². The Bertz CT molecular complexity index is 1220. The van der Waals surface area contributed by atoms with Crippen LogP contribution in [0.1, 0.15) is 59.7 Å². The largest absolute Gasteiger partial charge is 0.481 e. The lowest BCUT2D eigenvalue weighted by Gasteiger charge is -2.38. The molecule has 0 spiro atoms. The van der Waals surface area contributed by atoms with Gasteiger partial charge in [0.25, 0.3) is 5.91 Å². The highest BCUT2D eigenvalue weighted by Crippen LogP contribution is 2.38. The number of fused-ring (bicyclic) bond motifs is 1. The van der Waals surface area contributed by atoms with Gasteiger partial charge in [-0.05, 0) is 61.6 Å². The number of aryl methyl sites for hydroxylation is 2. The molecule has 5 heteroatoms. The summed E-state index contributed by atoms with van der Waals surface area (Å²) >= 11 is 0. The number of nitrogens with one attached hydrogen (secondary N) is 1. The molecule has 0 aromatic heterocycles. The lowest BCUT2D eigenvalue weighted by molar-refractivity contribution is -0.133. The van der Waals surface area contributed by atoms with E-state index in [2.05, 4.69) is 42.6 Å². The van der Waals surface area contributed by atoms with Crippen LogP contribution in [0.25, 0.3) is 0 Å². The van der Waals surface area contributed by atoms with Crippen LogP contribution in [0.2, 0.25) is 0 Å². The molecule has 0 bridgehead atoms. The van der Waals surface area contributed by atoms with E-state index in [1.165, 1.54) is 5.56 Å². The molecule has 2 atom stereocenters. The normalized spacial score (nSPS) is 15.8. The van der Waals surface area contributed by atoms with Crippen LogP contribution in [0.15, 0.2) is 66.7 Å². The Morgan fingerprint density at radius 1 is 1.03 bits per heavy atom. The smallest absolute Gasteiger partial charge is 0.261 e. The Labute approximate surface area is 208 Å². The summed E-state index contributed by atoms with van der Waals surface area (Å²) in [5, 5.41) is 2.96. The number of benzene rings is 3. The highest BCUT2D eigenvalue weighted by Gasteiger charge is 2.32. The van der Waals surface area contributed by atoms with E-state index >= 15 is 0 Å². The van der Waals surface area contributed by atoms with Crippen LogP contribution in [-0.2, 0) is 22.6 Å². The SMILES string of the molecule is CCC(=O)N1CCc2ccc(O[C@@H](C)C(=O)NCc3cccc(C)c3)cc2[C@H]1c1cccc(C)c1. The first-order valence-corrected chi connectivity index (χ1v) is 12.3. The quantitative estimate of drug-likeness (QED) is 0.512. The van der Waals surface area contributed by atoms with E-state index < -0.39 is 6.10 Å². The van der Waals surface area contributed by atoms with Gasteiger partial charge < -0.3 is 15.0 Å². The average molecular weight is 471 g/mol. The fraction of sp³-hybridized carbons (Fsp3) is 0.333. The number of hydrogen-bond acceptors (Lipinski definition) is 3. The van der Waals surface area contributed by atoms with E-state index in [1.807, 2.05) is 55.1 Å². The molecule has 5 nitrogen and oxygen atoms in total. The maximum atomic E-state index is 12.8. The Kier molecular flexibility index (Phi) is 7.54. The topological polar surface area (TPSA) is 58.6 Å². The summed E-state index contributed by atoms with van der Waals surface area (Å²) in [7, 11) is 0. The molecule has 1 aliphatic rings. The Morgan fingerprint density at radius 3 is 2.49 bits per heavy atom. The molecule has 35 heavy (non-hydrogen) atoms. The second kappa shape index (κ2) is 10.8. The van der Waals surface area contributed by atoms with Crippen molar-refractivity contribution in [2.24, 2.45) is 0 Å². The number of nitrogens with zero attached hydrogens (tertiary/aromatic N) is 1. The average Bonchev–Trinajstić information content (AvgIpc) is 2.86. The number of carbonyl (C=O) groups is 2. The second-order valence-corrected chi connectivity index (χ2v) is 9.33. The van der Waals surface area contributed by atoms with Crippen LogP contribution in [0.4, 0.5) is 0 Å². The fourth-order valence-electron chi connectivity index (χ4n) is 4.75. The summed E-state index contributed by atoms with van der Waals surface area (Å²) in [6.07, 6.45) is 0.620. The van der Waals surface area contributed by atoms with E-state index in [0.29, 0.717) is 25.3 Å². The van der Waals surface area contributed by atoms with E-state index in [0.717, 1.165) is 34.2 Å². The summed E-state index contributed by atoms with van der Waals surface area (Å²) < 4.78 is 6.07. The van der Waals surface area contributed by atoms with Gasteiger partial charge in [-0.15, -0.1) is 0 Å². The van der Waals surface area contributed by atoms with Crippen molar-refractivity contribution in [3.8, 4) is 5.75 Å². The molecular formula is C30H34N2O3. The third kappa shape index (κ3) is 5.73. The molecule has 0 aliphatic carbocycles. The number of amides is 2. The highest BCUT2D eigenvalue weighted by molar-refractivity contribution is 5.80. The minimum absolute atomic E-state index is 0.136. The monoisotopic (exact) mass is 470 g/mol. The molecule has 1 aliphatic heterocycles. The molecule has 4 rings (SSSR count). The van der Waals surface area contributed by atoms with E-state index in [4.69, 9.17) is 4.74 Å². The van der Waals surface area contributed by atoms with Crippen LogP contribution in [-0.4, -0.2) is 29.4 Å². The van der Waals surface area contributed by atoms with Crippen molar-refractivity contribution in [2.75, 3.05) is 6.54 Å². The highest BCUT2D eigenvalue weighted by atomic mass is 16.5. The Balaban J connectivity index is 1.54. The Morgan fingerprint density at radius 2 is 1.77 bits per heavy atom. The van der Waals surface area contributed by atoms with Gasteiger partial charge in [-0.2, -0.15) is 0 Å². The van der Waals surface area contributed by atoms with E-state index in [1.54, 1.807) is 6.92 Å². The zero-order chi connectivity index (χ0) is 24.9. The van der Waals surface area contributed by atoms with Gasteiger partial charge in [-0.25, -0.2) is 0 Å². The van der Waals surface area contributed by atoms with Gasteiger partial charge >= 0.3 is 0 Å².